The highest BCUT2D eigenvalue weighted by molar-refractivity contribution is 5.92. The zero-order valence-corrected chi connectivity index (χ0v) is 17.6. The van der Waals surface area contributed by atoms with Gasteiger partial charge in [0, 0.05) is 18.8 Å². The van der Waals surface area contributed by atoms with Crippen molar-refractivity contribution >= 4 is 17.5 Å². The van der Waals surface area contributed by atoms with Crippen molar-refractivity contribution in [1.82, 2.24) is 0 Å². The molecule has 29 heavy (non-hydrogen) atoms. The predicted molar refractivity (Wildman–Crippen MR) is 105 cm³/mol. The Morgan fingerprint density at radius 3 is 2.62 bits per heavy atom. The van der Waals surface area contributed by atoms with Gasteiger partial charge in [-0.05, 0) is 67.8 Å². The third-order valence-corrected chi connectivity index (χ3v) is 8.92. The number of rotatable bonds is 3. The highest BCUT2D eigenvalue weighted by Gasteiger charge is 2.68. The van der Waals surface area contributed by atoms with E-state index in [4.69, 9.17) is 4.74 Å². The van der Waals surface area contributed by atoms with Gasteiger partial charge in [0.15, 0.2) is 12.4 Å². The molecule has 0 aromatic rings. The van der Waals surface area contributed by atoms with Crippen LogP contribution in [0.25, 0.3) is 0 Å². The van der Waals surface area contributed by atoms with Crippen LogP contribution in [-0.2, 0) is 19.1 Å². The molecule has 4 aliphatic carbocycles. The molecular formula is C23H32O6. The number of allylic oxidation sites excluding steroid dienone is 1. The second-order valence-corrected chi connectivity index (χ2v) is 10.2. The SMILES string of the molecule is CC(=O)OCC(=O)[C@]1(O)CC[C@H]2[C@@H]3CCC4=CC(=O)CC[C@]4(C)[C@H]3[C@H](O)C[C@@]21C. The van der Waals surface area contributed by atoms with Crippen molar-refractivity contribution in [2.45, 2.75) is 77.4 Å². The Labute approximate surface area is 171 Å². The summed E-state index contributed by atoms with van der Waals surface area (Å²) >= 11 is 0. The number of Topliss-reactive ketones (excluding diaryl/α,β-unsaturated/α-hetero) is 1. The van der Waals surface area contributed by atoms with Gasteiger partial charge in [-0.1, -0.05) is 19.4 Å². The fourth-order valence-corrected chi connectivity index (χ4v) is 7.44. The maximum atomic E-state index is 12.9. The lowest BCUT2D eigenvalue weighted by Gasteiger charge is -2.60. The summed E-state index contributed by atoms with van der Waals surface area (Å²) in [6.45, 7) is 4.92. The molecule has 0 unspecified atom stereocenters. The zero-order valence-electron chi connectivity index (χ0n) is 17.6. The minimum absolute atomic E-state index is 0.0413. The Bertz CT molecular complexity index is 786. The molecule has 4 rings (SSSR count). The van der Waals surface area contributed by atoms with Gasteiger partial charge in [-0.25, -0.2) is 0 Å². The molecule has 4 aliphatic rings. The van der Waals surface area contributed by atoms with E-state index >= 15 is 0 Å². The Morgan fingerprint density at radius 1 is 1.21 bits per heavy atom. The lowest BCUT2D eigenvalue weighted by molar-refractivity contribution is -0.184. The fourth-order valence-electron chi connectivity index (χ4n) is 7.44. The van der Waals surface area contributed by atoms with Crippen LogP contribution in [0, 0.1) is 28.6 Å². The van der Waals surface area contributed by atoms with E-state index in [0.717, 1.165) is 31.3 Å². The first kappa shape index (κ1) is 20.7. The molecule has 0 bridgehead atoms. The Balaban J connectivity index is 1.65. The summed E-state index contributed by atoms with van der Waals surface area (Å²) in [7, 11) is 0. The minimum Gasteiger partial charge on any atom is -0.458 e. The third kappa shape index (κ3) is 2.86. The molecule has 6 heteroatoms. The number of carbonyl (C=O) groups is 3. The Hall–Kier alpha value is -1.53. The van der Waals surface area contributed by atoms with E-state index in [1.165, 1.54) is 6.92 Å². The molecule has 0 radical (unpaired) electrons. The normalized spacial score (nSPS) is 46.2. The maximum absolute atomic E-state index is 12.9. The number of carbonyl (C=O) groups excluding carboxylic acids is 3. The lowest BCUT2D eigenvalue weighted by atomic mass is 9.45. The van der Waals surface area contributed by atoms with Gasteiger partial charge in [0.25, 0.3) is 0 Å². The summed E-state index contributed by atoms with van der Waals surface area (Å²) in [6, 6.07) is 0. The molecule has 0 aromatic carbocycles. The van der Waals surface area contributed by atoms with Gasteiger partial charge < -0.3 is 14.9 Å². The van der Waals surface area contributed by atoms with Gasteiger partial charge in [0.2, 0.25) is 5.78 Å². The molecular weight excluding hydrogens is 372 g/mol. The lowest BCUT2D eigenvalue weighted by Crippen LogP contribution is -2.62. The summed E-state index contributed by atoms with van der Waals surface area (Å²) in [6.07, 6.45) is 5.54. The van der Waals surface area contributed by atoms with Crippen molar-refractivity contribution in [1.29, 1.82) is 0 Å². The molecule has 0 spiro atoms. The predicted octanol–water partition coefficient (Wildman–Crippen LogP) is 2.35. The van der Waals surface area contributed by atoms with E-state index < -0.39 is 35.5 Å². The van der Waals surface area contributed by atoms with Gasteiger partial charge in [-0.2, -0.15) is 0 Å². The van der Waals surface area contributed by atoms with E-state index in [-0.39, 0.29) is 29.0 Å². The number of hydrogen-bond donors (Lipinski definition) is 2. The number of esters is 1. The van der Waals surface area contributed by atoms with Gasteiger partial charge in [0.1, 0.15) is 5.60 Å². The van der Waals surface area contributed by atoms with E-state index in [1.807, 2.05) is 6.92 Å². The van der Waals surface area contributed by atoms with Crippen molar-refractivity contribution in [3.63, 3.8) is 0 Å². The van der Waals surface area contributed by atoms with Crippen molar-refractivity contribution in [2.75, 3.05) is 6.61 Å². The van der Waals surface area contributed by atoms with E-state index in [2.05, 4.69) is 6.92 Å². The third-order valence-electron chi connectivity index (χ3n) is 8.92. The highest BCUT2D eigenvalue weighted by atomic mass is 16.5. The Kier molecular flexibility index (Phi) is 4.82. The van der Waals surface area contributed by atoms with Gasteiger partial charge in [-0.15, -0.1) is 0 Å². The summed E-state index contributed by atoms with van der Waals surface area (Å²) < 4.78 is 4.89. The van der Waals surface area contributed by atoms with Crippen LogP contribution < -0.4 is 0 Å². The van der Waals surface area contributed by atoms with Gasteiger partial charge in [-0.3, -0.25) is 14.4 Å². The second-order valence-electron chi connectivity index (χ2n) is 10.2. The van der Waals surface area contributed by atoms with Crippen molar-refractivity contribution in [2.24, 2.45) is 28.6 Å². The molecule has 3 fully saturated rings. The molecule has 7 atom stereocenters. The molecule has 0 aliphatic heterocycles. The average Bonchev–Trinajstić information content (AvgIpc) is 2.91. The summed E-state index contributed by atoms with van der Waals surface area (Å²) in [4.78, 5) is 36.0. The first-order valence-electron chi connectivity index (χ1n) is 10.8. The van der Waals surface area contributed by atoms with Crippen LogP contribution >= 0.6 is 0 Å². The molecule has 0 saturated heterocycles. The van der Waals surface area contributed by atoms with Crippen molar-refractivity contribution in [3.05, 3.63) is 11.6 Å². The quantitative estimate of drug-likeness (QED) is 0.701. The molecule has 0 heterocycles. The Morgan fingerprint density at radius 2 is 1.93 bits per heavy atom. The number of ketones is 2. The smallest absolute Gasteiger partial charge is 0.303 e. The molecule has 0 aromatic heterocycles. The maximum Gasteiger partial charge on any atom is 0.303 e. The molecule has 3 saturated carbocycles. The zero-order chi connectivity index (χ0) is 21.2. The molecule has 6 nitrogen and oxygen atoms in total. The standard InChI is InChI=1S/C23H32O6/c1-13(24)29-12-19(27)23(28)9-7-17-16-5-4-14-10-15(25)6-8-21(14,2)20(16)18(26)11-22(17,23)3/h10,16-18,20,26,28H,4-9,11-12H2,1-3H3/t16-,17-,18+,20+,21-,22-,23+/m0/s1. The van der Waals surface area contributed by atoms with E-state index in [1.54, 1.807) is 6.08 Å². The fraction of sp³-hybridized carbons (Fsp3) is 0.783. The van der Waals surface area contributed by atoms with Crippen LogP contribution in [0.5, 0.6) is 0 Å². The number of hydrogen-bond acceptors (Lipinski definition) is 6. The number of aliphatic hydroxyl groups is 2. The van der Waals surface area contributed by atoms with E-state index in [9.17, 15) is 24.6 Å². The number of ether oxygens (including phenoxy) is 1. The van der Waals surface area contributed by atoms with Crippen LogP contribution in [0.3, 0.4) is 0 Å². The summed E-state index contributed by atoms with van der Waals surface area (Å²) in [5, 5.41) is 22.8. The molecule has 2 N–H and O–H groups in total. The first-order chi connectivity index (χ1) is 13.5. The van der Waals surface area contributed by atoms with Crippen LogP contribution in [0.15, 0.2) is 11.6 Å². The second kappa shape index (κ2) is 6.74. The number of fused-ring (bicyclic) bond motifs is 5. The van der Waals surface area contributed by atoms with Crippen molar-refractivity contribution < 1.29 is 29.3 Å². The van der Waals surface area contributed by atoms with Crippen LogP contribution in [0.4, 0.5) is 0 Å². The minimum atomic E-state index is -1.58. The van der Waals surface area contributed by atoms with Gasteiger partial charge >= 0.3 is 5.97 Å². The first-order valence-corrected chi connectivity index (χ1v) is 10.8. The van der Waals surface area contributed by atoms with Crippen molar-refractivity contribution in [3.8, 4) is 0 Å². The molecule has 0 amide bonds. The largest absolute Gasteiger partial charge is 0.458 e. The van der Waals surface area contributed by atoms with E-state index in [0.29, 0.717) is 19.3 Å². The topological polar surface area (TPSA) is 101 Å². The van der Waals surface area contributed by atoms with Crippen LogP contribution in [0.1, 0.15) is 65.7 Å². The average molecular weight is 405 g/mol. The van der Waals surface area contributed by atoms with Crippen LogP contribution in [0.2, 0.25) is 0 Å². The summed E-state index contributed by atoms with van der Waals surface area (Å²) in [5.74, 6) is -0.462. The number of aliphatic hydroxyl groups excluding tert-OH is 1. The summed E-state index contributed by atoms with van der Waals surface area (Å²) in [5.41, 5.74) is -1.36. The highest BCUT2D eigenvalue weighted by Crippen LogP contribution is 2.67. The monoisotopic (exact) mass is 404 g/mol. The van der Waals surface area contributed by atoms with Crippen LogP contribution in [-0.4, -0.2) is 46.1 Å². The van der Waals surface area contributed by atoms with Gasteiger partial charge in [0.05, 0.1) is 6.10 Å². The molecule has 160 valence electrons.